The van der Waals surface area contributed by atoms with E-state index in [0.29, 0.717) is 11.3 Å². The lowest BCUT2D eigenvalue weighted by molar-refractivity contribution is -0.661. The number of nitriles is 1. The summed E-state index contributed by atoms with van der Waals surface area (Å²) in [5, 5.41) is 12.9. The van der Waals surface area contributed by atoms with Gasteiger partial charge >= 0.3 is 0 Å². The minimum atomic E-state index is 0.623. The van der Waals surface area contributed by atoms with Gasteiger partial charge in [-0.15, -0.1) is 15.8 Å². The van der Waals surface area contributed by atoms with Crippen LogP contribution < -0.4 is 4.68 Å². The zero-order valence-corrected chi connectivity index (χ0v) is 8.75. The topological polar surface area (TPSA) is 45.5 Å². The molecule has 2 rings (SSSR count). The standard InChI is InChI=1S/C12H9N4/c1-3-11-9-16(14-15(11)2)12-6-4-10(8-13)5-7-12/h1,4-7,9H,2H3/q+1. The molecule has 0 saturated carbocycles. The van der Waals surface area contributed by atoms with E-state index < -0.39 is 0 Å². The summed E-state index contributed by atoms with van der Waals surface area (Å²) in [6.07, 6.45) is 7.09. The first kappa shape index (κ1) is 9.95. The van der Waals surface area contributed by atoms with Crippen LogP contribution in [-0.4, -0.2) is 9.90 Å². The summed E-state index contributed by atoms with van der Waals surface area (Å²) >= 11 is 0. The molecule has 16 heavy (non-hydrogen) atoms. The van der Waals surface area contributed by atoms with Crippen LogP contribution >= 0.6 is 0 Å². The van der Waals surface area contributed by atoms with Gasteiger partial charge in [0.1, 0.15) is 7.05 Å². The Labute approximate surface area is 93.3 Å². The van der Waals surface area contributed by atoms with Crippen molar-refractivity contribution in [2.45, 2.75) is 0 Å². The Morgan fingerprint density at radius 3 is 2.56 bits per heavy atom. The van der Waals surface area contributed by atoms with Gasteiger partial charge in [0, 0.05) is 0 Å². The van der Waals surface area contributed by atoms with Crippen LogP contribution in [0.15, 0.2) is 30.5 Å². The van der Waals surface area contributed by atoms with Crippen molar-refractivity contribution in [1.82, 2.24) is 9.90 Å². The van der Waals surface area contributed by atoms with Gasteiger partial charge in [-0.2, -0.15) is 5.26 Å². The highest BCUT2D eigenvalue weighted by atomic mass is 15.5. The molecule has 1 heterocycles. The van der Waals surface area contributed by atoms with Crippen LogP contribution in [0.3, 0.4) is 0 Å². The van der Waals surface area contributed by atoms with Crippen molar-refractivity contribution in [3.05, 3.63) is 41.7 Å². The molecule has 1 aromatic heterocycles. The van der Waals surface area contributed by atoms with Gasteiger partial charge in [-0.1, -0.05) is 0 Å². The number of hydrogen-bond donors (Lipinski definition) is 0. The fourth-order valence-electron chi connectivity index (χ4n) is 1.36. The smallest absolute Gasteiger partial charge is 0.192 e. The third-order valence-electron chi connectivity index (χ3n) is 2.23. The summed E-state index contributed by atoms with van der Waals surface area (Å²) in [6.45, 7) is 0. The first-order valence-corrected chi connectivity index (χ1v) is 4.67. The SMILES string of the molecule is C#Cc1c[n+](-c2ccc(C#N)cc2)nn1C. The van der Waals surface area contributed by atoms with Gasteiger partial charge < -0.3 is 0 Å². The normalized spacial score (nSPS) is 9.44. The molecule has 0 bridgehead atoms. The number of terminal acetylenes is 1. The van der Waals surface area contributed by atoms with E-state index in [-0.39, 0.29) is 0 Å². The zero-order valence-electron chi connectivity index (χ0n) is 8.75. The number of hydrogen-bond acceptors (Lipinski definition) is 2. The highest BCUT2D eigenvalue weighted by Gasteiger charge is 2.11. The zero-order chi connectivity index (χ0) is 11.5. The number of aromatic nitrogens is 3. The maximum Gasteiger partial charge on any atom is 0.241 e. The van der Waals surface area contributed by atoms with Gasteiger partial charge in [-0.25, -0.2) is 0 Å². The molecule has 4 nitrogen and oxygen atoms in total. The van der Waals surface area contributed by atoms with Gasteiger partial charge in [0.2, 0.25) is 5.69 Å². The molecule has 1 aromatic carbocycles. The third-order valence-corrected chi connectivity index (χ3v) is 2.23. The summed E-state index contributed by atoms with van der Waals surface area (Å²) < 4.78 is 3.30. The molecule has 0 aliphatic carbocycles. The van der Waals surface area contributed by atoms with Gasteiger partial charge in [0.15, 0.2) is 11.9 Å². The largest absolute Gasteiger partial charge is 0.241 e. The van der Waals surface area contributed by atoms with Crippen molar-refractivity contribution in [2.24, 2.45) is 7.05 Å². The Morgan fingerprint density at radius 1 is 1.38 bits per heavy atom. The predicted molar refractivity (Wildman–Crippen MR) is 57.4 cm³/mol. The molecule has 0 fully saturated rings. The van der Waals surface area contributed by atoms with E-state index in [1.54, 1.807) is 34.7 Å². The first-order valence-electron chi connectivity index (χ1n) is 4.67. The maximum absolute atomic E-state index is 8.68. The molecule has 0 N–H and O–H groups in total. The minimum Gasteiger partial charge on any atom is -0.192 e. The van der Waals surface area contributed by atoms with Crippen molar-refractivity contribution in [3.8, 4) is 24.1 Å². The summed E-state index contributed by atoms with van der Waals surface area (Å²) in [7, 11) is 1.79. The van der Waals surface area contributed by atoms with Gasteiger partial charge in [-0.05, 0) is 30.2 Å². The molecule has 0 aliphatic rings. The predicted octanol–water partition coefficient (Wildman–Crippen LogP) is 0.550. The second-order valence-corrected chi connectivity index (χ2v) is 3.27. The minimum absolute atomic E-state index is 0.623. The van der Waals surface area contributed by atoms with Gasteiger partial charge in [-0.3, -0.25) is 0 Å². The van der Waals surface area contributed by atoms with Crippen LogP contribution in [0.25, 0.3) is 5.69 Å². The molecule has 0 saturated heterocycles. The lowest BCUT2D eigenvalue weighted by Crippen LogP contribution is -2.32. The van der Waals surface area contributed by atoms with Crippen LogP contribution in [0.5, 0.6) is 0 Å². The highest BCUT2D eigenvalue weighted by Crippen LogP contribution is 2.02. The molecule has 76 valence electrons. The van der Waals surface area contributed by atoms with E-state index in [9.17, 15) is 0 Å². The Hall–Kier alpha value is -2.59. The monoisotopic (exact) mass is 209 g/mol. The Balaban J connectivity index is 2.44. The Bertz CT molecular complexity index is 593. The quantitative estimate of drug-likeness (QED) is 0.508. The summed E-state index contributed by atoms with van der Waals surface area (Å²) in [5.41, 5.74) is 2.19. The molecule has 0 atom stereocenters. The number of aryl methyl sites for hydroxylation is 1. The van der Waals surface area contributed by atoms with Crippen molar-refractivity contribution in [2.75, 3.05) is 0 Å². The van der Waals surface area contributed by atoms with Crippen molar-refractivity contribution in [1.29, 1.82) is 5.26 Å². The molecule has 0 amide bonds. The van der Waals surface area contributed by atoms with E-state index in [1.807, 2.05) is 12.1 Å². The van der Waals surface area contributed by atoms with Gasteiger partial charge in [0.25, 0.3) is 0 Å². The number of nitrogens with zero attached hydrogens (tertiary/aromatic N) is 4. The molecular formula is C12H9N4+. The van der Waals surface area contributed by atoms with E-state index in [4.69, 9.17) is 11.7 Å². The van der Waals surface area contributed by atoms with E-state index in [1.165, 1.54) is 0 Å². The van der Waals surface area contributed by atoms with E-state index in [2.05, 4.69) is 17.2 Å². The van der Waals surface area contributed by atoms with Crippen molar-refractivity contribution < 1.29 is 4.68 Å². The summed E-state index contributed by atoms with van der Waals surface area (Å²) in [4.78, 5) is 0. The fourth-order valence-corrected chi connectivity index (χ4v) is 1.36. The molecule has 0 aliphatic heterocycles. The molecule has 2 aromatic rings. The van der Waals surface area contributed by atoms with E-state index in [0.717, 1.165) is 5.69 Å². The van der Waals surface area contributed by atoms with Gasteiger partial charge in [0.05, 0.1) is 16.8 Å². The lowest BCUT2D eigenvalue weighted by Gasteiger charge is -1.91. The second-order valence-electron chi connectivity index (χ2n) is 3.27. The molecule has 0 unspecified atom stereocenters. The number of rotatable bonds is 1. The average Bonchev–Trinajstić information content (AvgIpc) is 2.71. The Morgan fingerprint density at radius 2 is 2.06 bits per heavy atom. The van der Waals surface area contributed by atoms with Crippen LogP contribution in [0.4, 0.5) is 0 Å². The molecule has 4 heteroatoms. The maximum atomic E-state index is 8.68. The van der Waals surface area contributed by atoms with Crippen LogP contribution in [0.1, 0.15) is 11.3 Å². The van der Waals surface area contributed by atoms with Crippen LogP contribution in [0, 0.1) is 23.7 Å². The average molecular weight is 209 g/mol. The Kier molecular flexibility index (Phi) is 2.41. The third kappa shape index (κ3) is 1.65. The van der Waals surface area contributed by atoms with Crippen LogP contribution in [0.2, 0.25) is 0 Å². The summed E-state index contributed by atoms with van der Waals surface area (Å²) in [5.74, 6) is 2.54. The summed E-state index contributed by atoms with van der Waals surface area (Å²) in [6, 6.07) is 9.20. The van der Waals surface area contributed by atoms with Crippen molar-refractivity contribution in [3.63, 3.8) is 0 Å². The number of benzene rings is 1. The lowest BCUT2D eigenvalue weighted by atomic mass is 10.2. The molecule has 0 radical (unpaired) electrons. The van der Waals surface area contributed by atoms with Crippen molar-refractivity contribution >= 4 is 0 Å². The molecule has 0 spiro atoms. The first-order chi connectivity index (χ1) is 7.74. The fraction of sp³-hybridized carbons (Fsp3) is 0.0833. The molecular weight excluding hydrogens is 200 g/mol. The van der Waals surface area contributed by atoms with Crippen LogP contribution in [-0.2, 0) is 7.05 Å². The highest BCUT2D eigenvalue weighted by molar-refractivity contribution is 5.34. The second kappa shape index (κ2) is 3.88. The van der Waals surface area contributed by atoms with E-state index >= 15 is 0 Å².